The SMILES string of the molecule is CN/C(=C(/C)N=N)c1ccc2nc(C)n(C(c3ccc(F)cn3)c3ccc(F)cn3)c2c1. The minimum absolute atomic E-state index is 0.451. The number of benzene rings is 1. The van der Waals surface area contributed by atoms with Crippen LogP contribution in [0.2, 0.25) is 0 Å². The van der Waals surface area contributed by atoms with Gasteiger partial charge in [0, 0.05) is 12.6 Å². The van der Waals surface area contributed by atoms with Gasteiger partial charge in [-0.3, -0.25) is 9.97 Å². The average Bonchev–Trinajstić information content (AvgIpc) is 3.12. The van der Waals surface area contributed by atoms with Crippen molar-refractivity contribution in [1.82, 2.24) is 24.8 Å². The lowest BCUT2D eigenvalue weighted by Crippen LogP contribution is -2.17. The Labute approximate surface area is 183 Å². The smallest absolute Gasteiger partial charge is 0.141 e. The fourth-order valence-electron chi connectivity index (χ4n) is 3.80. The van der Waals surface area contributed by atoms with E-state index in [0.717, 1.165) is 29.0 Å². The van der Waals surface area contributed by atoms with Gasteiger partial charge in [0.2, 0.25) is 0 Å². The summed E-state index contributed by atoms with van der Waals surface area (Å²) in [5, 5.41) is 6.64. The van der Waals surface area contributed by atoms with Crippen molar-refractivity contribution in [2.75, 3.05) is 7.05 Å². The van der Waals surface area contributed by atoms with Crippen molar-refractivity contribution in [3.8, 4) is 0 Å². The standard InChI is InChI=1S/C23H21F2N7/c1-13(31-26)22(27-3)15-4-7-18-21(10-15)32(14(2)30-18)23(19-8-5-16(24)11-28-19)20-9-6-17(25)12-29-20/h4-12,23,26-27H,1-3H3/b22-13-,31-26?. The molecule has 0 unspecified atom stereocenters. The molecule has 0 fully saturated rings. The summed E-state index contributed by atoms with van der Waals surface area (Å²) in [5.74, 6) is -0.212. The maximum absolute atomic E-state index is 13.6. The topological polar surface area (TPSA) is 91.8 Å². The Kier molecular flexibility index (Phi) is 5.72. The molecule has 0 aliphatic rings. The molecule has 7 nitrogen and oxygen atoms in total. The van der Waals surface area contributed by atoms with Crippen LogP contribution in [0, 0.1) is 24.1 Å². The van der Waals surface area contributed by atoms with Gasteiger partial charge in [-0.15, -0.1) is 0 Å². The van der Waals surface area contributed by atoms with E-state index in [2.05, 4.69) is 25.4 Å². The summed E-state index contributed by atoms with van der Waals surface area (Å²) in [4.78, 5) is 13.2. The van der Waals surface area contributed by atoms with Crippen LogP contribution in [-0.4, -0.2) is 26.6 Å². The zero-order valence-corrected chi connectivity index (χ0v) is 17.8. The number of fused-ring (bicyclic) bond motifs is 1. The quantitative estimate of drug-likeness (QED) is 0.419. The highest BCUT2D eigenvalue weighted by Crippen LogP contribution is 2.31. The van der Waals surface area contributed by atoms with Gasteiger partial charge < -0.3 is 9.88 Å². The Morgan fingerprint density at radius 2 is 1.66 bits per heavy atom. The first-order chi connectivity index (χ1) is 15.4. The predicted molar refractivity (Wildman–Crippen MR) is 117 cm³/mol. The van der Waals surface area contributed by atoms with E-state index in [1.54, 1.807) is 26.1 Å². The largest absolute Gasteiger partial charge is 0.386 e. The lowest BCUT2D eigenvalue weighted by atomic mass is 10.1. The molecule has 0 atom stereocenters. The highest BCUT2D eigenvalue weighted by molar-refractivity contribution is 5.82. The number of hydrogen-bond acceptors (Lipinski definition) is 6. The van der Waals surface area contributed by atoms with Crippen LogP contribution in [0.5, 0.6) is 0 Å². The summed E-state index contributed by atoms with van der Waals surface area (Å²) in [6.45, 7) is 3.61. The first-order valence-electron chi connectivity index (χ1n) is 9.91. The fraction of sp³-hybridized carbons (Fsp3) is 0.174. The molecule has 0 radical (unpaired) electrons. The molecule has 0 aliphatic heterocycles. The van der Waals surface area contributed by atoms with Crippen LogP contribution in [0.15, 0.2) is 65.7 Å². The zero-order chi connectivity index (χ0) is 22.8. The van der Waals surface area contributed by atoms with E-state index >= 15 is 0 Å². The predicted octanol–water partition coefficient (Wildman–Crippen LogP) is 4.99. The second kappa shape index (κ2) is 8.62. The lowest BCUT2D eigenvalue weighted by Gasteiger charge is -2.21. The fourth-order valence-corrected chi connectivity index (χ4v) is 3.80. The van der Waals surface area contributed by atoms with E-state index in [1.807, 2.05) is 29.7 Å². The van der Waals surface area contributed by atoms with E-state index in [4.69, 9.17) is 5.53 Å². The van der Waals surface area contributed by atoms with Gasteiger partial charge in [-0.1, -0.05) is 6.07 Å². The molecule has 2 N–H and O–H groups in total. The van der Waals surface area contributed by atoms with E-state index in [-0.39, 0.29) is 0 Å². The van der Waals surface area contributed by atoms with Crippen LogP contribution in [-0.2, 0) is 0 Å². The molecule has 0 bridgehead atoms. The van der Waals surface area contributed by atoms with E-state index in [1.165, 1.54) is 12.1 Å². The number of imidazole rings is 1. The number of hydrogen-bond donors (Lipinski definition) is 2. The second-order valence-corrected chi connectivity index (χ2v) is 7.26. The van der Waals surface area contributed by atoms with Crippen molar-refractivity contribution >= 4 is 16.7 Å². The Balaban J connectivity index is 1.99. The average molecular weight is 433 g/mol. The summed E-state index contributed by atoms with van der Waals surface area (Å²) in [5.41, 5.74) is 12.0. The highest BCUT2D eigenvalue weighted by atomic mass is 19.1. The molecule has 9 heteroatoms. The summed E-state index contributed by atoms with van der Waals surface area (Å²) in [6.07, 6.45) is 2.29. The van der Waals surface area contributed by atoms with Crippen LogP contribution < -0.4 is 5.32 Å². The molecule has 0 aliphatic carbocycles. The van der Waals surface area contributed by atoms with E-state index < -0.39 is 17.7 Å². The van der Waals surface area contributed by atoms with Crippen molar-refractivity contribution < 1.29 is 8.78 Å². The minimum Gasteiger partial charge on any atom is -0.386 e. The number of halogens is 2. The first-order valence-corrected chi connectivity index (χ1v) is 9.91. The number of aromatic nitrogens is 4. The molecule has 1 aromatic carbocycles. The summed E-state index contributed by atoms with van der Waals surface area (Å²) in [6, 6.07) is 11.0. The van der Waals surface area contributed by atoms with Gasteiger partial charge in [-0.25, -0.2) is 19.3 Å². The van der Waals surface area contributed by atoms with Crippen molar-refractivity contribution in [2.45, 2.75) is 19.9 Å². The van der Waals surface area contributed by atoms with Crippen LogP contribution in [0.1, 0.15) is 35.7 Å². The Hall–Kier alpha value is -4.01. The number of nitrogens with one attached hydrogen (secondary N) is 2. The van der Waals surface area contributed by atoms with Crippen LogP contribution >= 0.6 is 0 Å². The molecule has 3 aromatic heterocycles. The van der Waals surface area contributed by atoms with Crippen molar-refractivity contribution in [1.29, 1.82) is 5.53 Å². The molecule has 0 spiro atoms. The molecular weight excluding hydrogens is 412 g/mol. The second-order valence-electron chi connectivity index (χ2n) is 7.26. The molecule has 32 heavy (non-hydrogen) atoms. The summed E-state index contributed by atoms with van der Waals surface area (Å²) in [7, 11) is 1.77. The van der Waals surface area contributed by atoms with Gasteiger partial charge in [0.1, 0.15) is 23.5 Å². The Morgan fingerprint density at radius 3 is 2.16 bits per heavy atom. The third-order valence-corrected chi connectivity index (χ3v) is 5.25. The van der Waals surface area contributed by atoms with Crippen molar-refractivity contribution in [2.24, 2.45) is 5.11 Å². The maximum Gasteiger partial charge on any atom is 0.141 e. The van der Waals surface area contributed by atoms with Crippen LogP contribution in [0.4, 0.5) is 8.78 Å². The Bertz CT molecular complexity index is 1260. The van der Waals surface area contributed by atoms with Crippen LogP contribution in [0.25, 0.3) is 16.7 Å². The van der Waals surface area contributed by atoms with Crippen molar-refractivity contribution in [3.05, 3.63) is 95.0 Å². The molecule has 3 heterocycles. The summed E-state index contributed by atoms with van der Waals surface area (Å²) < 4.78 is 29.1. The van der Waals surface area contributed by atoms with Gasteiger partial charge in [0.25, 0.3) is 0 Å². The number of aryl methyl sites for hydroxylation is 1. The zero-order valence-electron chi connectivity index (χ0n) is 17.8. The highest BCUT2D eigenvalue weighted by Gasteiger charge is 2.24. The molecule has 4 rings (SSSR count). The number of rotatable bonds is 6. The normalized spacial score (nSPS) is 12.2. The van der Waals surface area contributed by atoms with Crippen molar-refractivity contribution in [3.63, 3.8) is 0 Å². The molecule has 4 aromatic rings. The third kappa shape index (κ3) is 3.84. The molecule has 0 amide bonds. The lowest BCUT2D eigenvalue weighted by molar-refractivity contribution is 0.594. The number of nitrogens with zero attached hydrogens (tertiary/aromatic N) is 5. The number of pyridine rings is 2. The van der Waals surface area contributed by atoms with Gasteiger partial charge in [0.15, 0.2) is 0 Å². The molecular formula is C23H21F2N7. The van der Waals surface area contributed by atoms with Gasteiger partial charge in [-0.05, 0) is 50.2 Å². The molecule has 162 valence electrons. The van der Waals surface area contributed by atoms with Crippen LogP contribution in [0.3, 0.4) is 0 Å². The maximum atomic E-state index is 13.6. The van der Waals surface area contributed by atoms with Gasteiger partial charge in [-0.2, -0.15) is 5.11 Å². The van der Waals surface area contributed by atoms with Gasteiger partial charge in [0.05, 0.1) is 46.2 Å². The van der Waals surface area contributed by atoms with E-state index in [9.17, 15) is 8.78 Å². The molecule has 0 saturated carbocycles. The number of allylic oxidation sites excluding steroid dienone is 1. The summed E-state index contributed by atoms with van der Waals surface area (Å²) >= 11 is 0. The first kappa shape index (κ1) is 21.2. The molecule has 0 saturated heterocycles. The van der Waals surface area contributed by atoms with Gasteiger partial charge >= 0.3 is 0 Å². The third-order valence-electron chi connectivity index (χ3n) is 5.25. The minimum atomic E-state index is -0.555. The Morgan fingerprint density at radius 1 is 1.03 bits per heavy atom. The monoisotopic (exact) mass is 433 g/mol. The van der Waals surface area contributed by atoms with E-state index in [0.29, 0.717) is 28.6 Å².